The molecule has 112 valence electrons. The van der Waals surface area contributed by atoms with E-state index in [1.807, 2.05) is 0 Å². The van der Waals surface area contributed by atoms with Gasteiger partial charge in [-0.15, -0.1) is 0 Å². The number of phenols is 1. The van der Waals surface area contributed by atoms with Crippen molar-refractivity contribution in [2.75, 3.05) is 0 Å². The molecule has 0 fully saturated rings. The van der Waals surface area contributed by atoms with E-state index in [-0.39, 0.29) is 11.8 Å². The summed E-state index contributed by atoms with van der Waals surface area (Å²) in [6, 6.07) is 6.41. The predicted molar refractivity (Wildman–Crippen MR) is 74.4 cm³/mol. The van der Waals surface area contributed by atoms with Gasteiger partial charge in [0, 0.05) is 35.3 Å². The summed E-state index contributed by atoms with van der Waals surface area (Å²) < 4.78 is 39.6. The highest BCUT2D eigenvalue weighted by Gasteiger charge is 2.17. The Morgan fingerprint density at radius 1 is 0.857 bits per heavy atom. The fraction of sp³-hybridized carbons (Fsp3) is 0.250. The monoisotopic (exact) mass is 295 g/mol. The van der Waals surface area contributed by atoms with Gasteiger partial charge < -0.3 is 10.4 Å². The summed E-state index contributed by atoms with van der Waals surface area (Å²) in [5, 5.41) is 12.8. The van der Waals surface area contributed by atoms with Crippen molar-refractivity contribution in [2.45, 2.75) is 25.9 Å². The maximum absolute atomic E-state index is 13.7. The van der Waals surface area contributed by atoms with E-state index in [2.05, 4.69) is 5.32 Å². The van der Waals surface area contributed by atoms with Gasteiger partial charge in [-0.1, -0.05) is 12.1 Å². The van der Waals surface area contributed by atoms with Gasteiger partial charge in [0.15, 0.2) is 0 Å². The van der Waals surface area contributed by atoms with Gasteiger partial charge in [0.25, 0.3) is 0 Å². The second-order valence-corrected chi connectivity index (χ2v) is 4.98. The van der Waals surface area contributed by atoms with E-state index in [9.17, 15) is 18.3 Å². The van der Waals surface area contributed by atoms with Crippen molar-refractivity contribution in [2.24, 2.45) is 0 Å². The molecule has 2 N–H and O–H groups in total. The van der Waals surface area contributed by atoms with E-state index in [4.69, 9.17) is 0 Å². The largest absolute Gasteiger partial charge is 0.508 e. The Kier molecular flexibility index (Phi) is 4.53. The van der Waals surface area contributed by atoms with Crippen molar-refractivity contribution < 1.29 is 18.3 Å². The second kappa shape index (κ2) is 6.18. The minimum Gasteiger partial charge on any atom is -0.508 e. The number of aromatic hydroxyl groups is 1. The number of phenolic OH excluding ortho intramolecular Hbond substituents is 1. The average Bonchev–Trinajstić information content (AvgIpc) is 2.37. The molecule has 2 nitrogen and oxygen atoms in total. The Hall–Kier alpha value is -2.01. The van der Waals surface area contributed by atoms with E-state index in [0.717, 1.165) is 12.1 Å². The summed E-state index contributed by atoms with van der Waals surface area (Å²) in [6.07, 6.45) is 0. The Balaban J connectivity index is 2.16. The Morgan fingerprint density at radius 2 is 1.38 bits per heavy atom. The molecule has 0 aliphatic carbocycles. The number of hydrogen-bond acceptors (Lipinski definition) is 2. The molecule has 21 heavy (non-hydrogen) atoms. The minimum absolute atomic E-state index is 0.165. The molecular weight excluding hydrogens is 279 g/mol. The van der Waals surface area contributed by atoms with Crippen molar-refractivity contribution in [3.63, 3.8) is 0 Å². The topological polar surface area (TPSA) is 32.3 Å². The summed E-state index contributed by atoms with van der Waals surface area (Å²) >= 11 is 0. The van der Waals surface area contributed by atoms with E-state index in [0.29, 0.717) is 11.1 Å². The summed E-state index contributed by atoms with van der Waals surface area (Å²) in [6.45, 7) is 3.50. The molecule has 0 saturated heterocycles. The van der Waals surface area contributed by atoms with Crippen molar-refractivity contribution in [3.05, 3.63) is 65.0 Å². The molecule has 0 aliphatic heterocycles. The van der Waals surface area contributed by atoms with Gasteiger partial charge in [-0.2, -0.15) is 0 Å². The van der Waals surface area contributed by atoms with Crippen LogP contribution in [0.15, 0.2) is 36.4 Å². The fourth-order valence-electron chi connectivity index (χ4n) is 2.29. The normalized spacial score (nSPS) is 14.0. The first-order valence-electron chi connectivity index (χ1n) is 6.58. The molecule has 0 radical (unpaired) electrons. The molecule has 0 bridgehead atoms. The van der Waals surface area contributed by atoms with Crippen LogP contribution in [0, 0.1) is 17.5 Å². The first kappa shape index (κ1) is 15.4. The Bertz CT molecular complexity index is 590. The lowest BCUT2D eigenvalue weighted by atomic mass is 10.0. The molecule has 2 aromatic carbocycles. The highest BCUT2D eigenvalue weighted by atomic mass is 19.1. The Labute approximate surface area is 121 Å². The van der Waals surface area contributed by atoms with E-state index >= 15 is 0 Å². The maximum Gasteiger partial charge on any atom is 0.130 e. The van der Waals surface area contributed by atoms with Crippen LogP contribution in [0.5, 0.6) is 5.75 Å². The van der Waals surface area contributed by atoms with Crippen LogP contribution in [0.2, 0.25) is 0 Å². The lowest BCUT2D eigenvalue weighted by molar-refractivity contribution is 0.429. The summed E-state index contributed by atoms with van der Waals surface area (Å²) in [7, 11) is 0. The van der Waals surface area contributed by atoms with Crippen LogP contribution in [0.25, 0.3) is 0 Å². The number of rotatable bonds is 4. The summed E-state index contributed by atoms with van der Waals surface area (Å²) in [5.74, 6) is -1.96. The van der Waals surface area contributed by atoms with Crippen LogP contribution in [-0.4, -0.2) is 5.11 Å². The SMILES string of the molecule is CC(NC(C)c1ccc(F)cc1F)c1ccc(F)cc1O. The van der Waals surface area contributed by atoms with Crippen LogP contribution in [0.3, 0.4) is 0 Å². The molecule has 0 aromatic heterocycles. The molecule has 5 heteroatoms. The van der Waals surface area contributed by atoms with E-state index in [1.54, 1.807) is 13.8 Å². The molecule has 0 aliphatic rings. The number of nitrogens with one attached hydrogen (secondary N) is 1. The zero-order valence-corrected chi connectivity index (χ0v) is 11.7. The zero-order chi connectivity index (χ0) is 15.6. The molecule has 0 amide bonds. The van der Waals surface area contributed by atoms with Crippen molar-refractivity contribution >= 4 is 0 Å². The molecule has 2 rings (SSSR count). The molecule has 0 saturated carbocycles. The zero-order valence-electron chi connectivity index (χ0n) is 11.7. The summed E-state index contributed by atoms with van der Waals surface area (Å²) in [4.78, 5) is 0. The Morgan fingerprint density at radius 3 is 1.95 bits per heavy atom. The third-order valence-corrected chi connectivity index (χ3v) is 3.39. The predicted octanol–water partition coefficient (Wildman–Crippen LogP) is 4.22. The average molecular weight is 295 g/mol. The molecule has 0 heterocycles. The lowest BCUT2D eigenvalue weighted by Gasteiger charge is -2.22. The smallest absolute Gasteiger partial charge is 0.130 e. The fourth-order valence-corrected chi connectivity index (χ4v) is 2.29. The summed E-state index contributed by atoms with van der Waals surface area (Å²) in [5.41, 5.74) is 0.829. The van der Waals surface area contributed by atoms with Crippen LogP contribution in [0.4, 0.5) is 13.2 Å². The van der Waals surface area contributed by atoms with Crippen LogP contribution in [0.1, 0.15) is 37.1 Å². The van der Waals surface area contributed by atoms with E-state index < -0.39 is 23.5 Å². The molecule has 0 spiro atoms. The van der Waals surface area contributed by atoms with Gasteiger partial charge >= 0.3 is 0 Å². The van der Waals surface area contributed by atoms with Crippen molar-refractivity contribution in [1.82, 2.24) is 5.32 Å². The first-order chi connectivity index (χ1) is 9.88. The van der Waals surface area contributed by atoms with Crippen LogP contribution in [-0.2, 0) is 0 Å². The van der Waals surface area contributed by atoms with Gasteiger partial charge in [0.05, 0.1) is 0 Å². The highest BCUT2D eigenvalue weighted by molar-refractivity contribution is 5.35. The van der Waals surface area contributed by atoms with Gasteiger partial charge in [-0.25, -0.2) is 13.2 Å². The molecular formula is C16H16F3NO. The molecule has 2 unspecified atom stereocenters. The lowest BCUT2D eigenvalue weighted by Crippen LogP contribution is -2.23. The van der Waals surface area contributed by atoms with E-state index in [1.165, 1.54) is 24.3 Å². The number of hydrogen-bond donors (Lipinski definition) is 2. The standard InChI is InChI=1S/C16H16F3NO/c1-9(13-5-3-11(17)7-15(13)19)20-10(2)14-6-4-12(18)8-16(14)21/h3-10,20-21H,1-2H3. The maximum atomic E-state index is 13.7. The number of benzene rings is 2. The second-order valence-electron chi connectivity index (χ2n) is 4.98. The first-order valence-corrected chi connectivity index (χ1v) is 6.58. The minimum atomic E-state index is -0.634. The highest BCUT2D eigenvalue weighted by Crippen LogP contribution is 2.27. The van der Waals surface area contributed by atoms with Gasteiger partial charge in [0.1, 0.15) is 23.2 Å². The third-order valence-electron chi connectivity index (χ3n) is 3.39. The molecule has 2 aromatic rings. The van der Waals surface area contributed by atoms with Crippen molar-refractivity contribution in [3.8, 4) is 5.75 Å². The van der Waals surface area contributed by atoms with Gasteiger partial charge in [-0.05, 0) is 26.0 Å². The quantitative estimate of drug-likeness (QED) is 0.885. The van der Waals surface area contributed by atoms with Crippen LogP contribution >= 0.6 is 0 Å². The van der Waals surface area contributed by atoms with Crippen molar-refractivity contribution in [1.29, 1.82) is 0 Å². The van der Waals surface area contributed by atoms with Gasteiger partial charge in [-0.3, -0.25) is 0 Å². The number of halogens is 3. The third kappa shape index (κ3) is 3.55. The molecule has 2 atom stereocenters. The van der Waals surface area contributed by atoms with Crippen LogP contribution < -0.4 is 5.32 Å². The van der Waals surface area contributed by atoms with Gasteiger partial charge in [0.2, 0.25) is 0 Å².